The highest BCUT2D eigenvalue weighted by molar-refractivity contribution is 5.94. The van der Waals surface area contributed by atoms with Crippen LogP contribution < -0.4 is 5.32 Å². The molecule has 1 aromatic heterocycles. The van der Waals surface area contributed by atoms with Gasteiger partial charge in [0.15, 0.2) is 0 Å². The minimum Gasteiger partial charge on any atom is -0.388 e. The minimum absolute atomic E-state index is 0.218. The quantitative estimate of drug-likeness (QED) is 0.650. The summed E-state index contributed by atoms with van der Waals surface area (Å²) in [5.41, 5.74) is -0.595. The minimum atomic E-state index is -0.822. The molecule has 5 heteroatoms. The highest BCUT2D eigenvalue weighted by Gasteiger charge is 2.28. The van der Waals surface area contributed by atoms with Crippen molar-refractivity contribution in [2.45, 2.75) is 44.1 Å². The van der Waals surface area contributed by atoms with Crippen LogP contribution >= 0.6 is 0 Å². The number of nitrogens with zero attached hydrogens (tertiary/aromatic N) is 1. The molecule has 0 spiro atoms. The van der Waals surface area contributed by atoms with Crippen molar-refractivity contribution < 1.29 is 14.3 Å². The Labute approximate surface area is 112 Å². The first-order valence-electron chi connectivity index (χ1n) is 6.71. The van der Waals surface area contributed by atoms with Gasteiger partial charge in [-0.2, -0.15) is 4.39 Å². The Hall–Kier alpha value is -1.49. The van der Waals surface area contributed by atoms with Crippen molar-refractivity contribution in [3.63, 3.8) is 0 Å². The van der Waals surface area contributed by atoms with Crippen LogP contribution in [0.15, 0.2) is 18.3 Å². The summed E-state index contributed by atoms with van der Waals surface area (Å²) in [6.45, 7) is 0.218. The standard InChI is InChI=1S/C14H19FN2O2/c15-12-9-11(5-8-16-12)13(18)17-10-14(19)6-3-1-2-4-7-14/h5,8-9,19H,1-4,6-7,10H2,(H,17,18). The normalized spacial score (nSPS) is 18.6. The molecule has 0 radical (unpaired) electrons. The van der Waals surface area contributed by atoms with E-state index >= 15 is 0 Å². The predicted octanol–water partition coefficient (Wildman–Crippen LogP) is 2.04. The highest BCUT2D eigenvalue weighted by atomic mass is 19.1. The van der Waals surface area contributed by atoms with Gasteiger partial charge in [0, 0.05) is 24.4 Å². The summed E-state index contributed by atoms with van der Waals surface area (Å²) in [6, 6.07) is 2.54. The fourth-order valence-corrected chi connectivity index (χ4v) is 2.45. The van der Waals surface area contributed by atoms with Crippen molar-refractivity contribution in [2.24, 2.45) is 0 Å². The number of aromatic nitrogens is 1. The summed E-state index contributed by atoms with van der Waals surface area (Å²) in [5, 5.41) is 13.1. The molecule has 0 unspecified atom stereocenters. The van der Waals surface area contributed by atoms with Crippen LogP contribution in [0.4, 0.5) is 4.39 Å². The first kappa shape index (κ1) is 13.9. The van der Waals surface area contributed by atoms with Crippen LogP contribution in [-0.2, 0) is 0 Å². The number of hydrogen-bond donors (Lipinski definition) is 2. The maximum absolute atomic E-state index is 12.9. The lowest BCUT2D eigenvalue weighted by Gasteiger charge is -2.26. The zero-order valence-corrected chi connectivity index (χ0v) is 10.9. The van der Waals surface area contributed by atoms with Crippen molar-refractivity contribution in [3.8, 4) is 0 Å². The highest BCUT2D eigenvalue weighted by Crippen LogP contribution is 2.26. The van der Waals surface area contributed by atoms with Crippen LogP contribution in [0.25, 0.3) is 0 Å². The monoisotopic (exact) mass is 266 g/mol. The Morgan fingerprint density at radius 3 is 2.68 bits per heavy atom. The van der Waals surface area contributed by atoms with E-state index in [4.69, 9.17) is 0 Å². The molecular weight excluding hydrogens is 247 g/mol. The summed E-state index contributed by atoms with van der Waals surface area (Å²) >= 11 is 0. The number of aliphatic hydroxyl groups is 1. The third-order valence-corrected chi connectivity index (χ3v) is 3.60. The molecule has 0 aromatic carbocycles. The van der Waals surface area contributed by atoms with Gasteiger partial charge in [-0.25, -0.2) is 4.98 Å². The molecule has 2 N–H and O–H groups in total. The lowest BCUT2D eigenvalue weighted by molar-refractivity contribution is 0.0246. The second-order valence-corrected chi connectivity index (χ2v) is 5.19. The zero-order chi connectivity index (χ0) is 13.7. The lowest BCUT2D eigenvalue weighted by atomic mass is 9.94. The van der Waals surface area contributed by atoms with Gasteiger partial charge in [-0.1, -0.05) is 25.7 Å². The molecule has 4 nitrogen and oxygen atoms in total. The van der Waals surface area contributed by atoms with Gasteiger partial charge >= 0.3 is 0 Å². The molecule has 104 valence electrons. The SMILES string of the molecule is O=C(NCC1(O)CCCCCC1)c1ccnc(F)c1. The van der Waals surface area contributed by atoms with Gasteiger partial charge in [0.05, 0.1) is 5.60 Å². The lowest BCUT2D eigenvalue weighted by Crippen LogP contribution is -2.42. The van der Waals surface area contributed by atoms with Gasteiger partial charge in [-0.05, 0) is 18.9 Å². The molecule has 1 aromatic rings. The van der Waals surface area contributed by atoms with E-state index in [0.717, 1.165) is 31.7 Å². The molecule has 0 aliphatic heterocycles. The van der Waals surface area contributed by atoms with Crippen molar-refractivity contribution in [1.29, 1.82) is 0 Å². The zero-order valence-electron chi connectivity index (χ0n) is 10.9. The smallest absolute Gasteiger partial charge is 0.251 e. The van der Waals surface area contributed by atoms with Crippen LogP contribution in [0.1, 0.15) is 48.9 Å². The van der Waals surface area contributed by atoms with E-state index in [-0.39, 0.29) is 18.0 Å². The number of pyridine rings is 1. The van der Waals surface area contributed by atoms with Gasteiger partial charge < -0.3 is 10.4 Å². The van der Waals surface area contributed by atoms with E-state index in [1.54, 1.807) is 0 Å². The van der Waals surface area contributed by atoms with Gasteiger partial charge in [0.25, 0.3) is 5.91 Å². The van der Waals surface area contributed by atoms with Gasteiger partial charge in [0.1, 0.15) is 0 Å². The third kappa shape index (κ3) is 3.99. The van der Waals surface area contributed by atoms with Crippen molar-refractivity contribution in [1.82, 2.24) is 10.3 Å². The van der Waals surface area contributed by atoms with E-state index < -0.39 is 11.5 Å². The topological polar surface area (TPSA) is 62.2 Å². The summed E-state index contributed by atoms with van der Waals surface area (Å²) in [6.07, 6.45) is 6.89. The summed E-state index contributed by atoms with van der Waals surface area (Å²) in [5.74, 6) is -1.06. The average Bonchev–Trinajstić information content (AvgIpc) is 2.61. The molecule has 19 heavy (non-hydrogen) atoms. The first-order chi connectivity index (χ1) is 9.09. The molecule has 1 heterocycles. The molecular formula is C14H19FN2O2. The number of carbonyl (C=O) groups is 1. The fourth-order valence-electron chi connectivity index (χ4n) is 2.45. The number of nitrogens with one attached hydrogen (secondary N) is 1. The number of halogens is 1. The molecule has 0 atom stereocenters. The Kier molecular flexibility index (Phi) is 4.47. The third-order valence-electron chi connectivity index (χ3n) is 3.60. The van der Waals surface area contributed by atoms with Crippen LogP contribution in [0.2, 0.25) is 0 Å². The van der Waals surface area contributed by atoms with Crippen molar-refractivity contribution >= 4 is 5.91 Å². The maximum atomic E-state index is 12.9. The summed E-state index contributed by atoms with van der Waals surface area (Å²) in [4.78, 5) is 15.3. The largest absolute Gasteiger partial charge is 0.388 e. The molecule has 2 rings (SSSR count). The first-order valence-corrected chi connectivity index (χ1v) is 6.71. The van der Waals surface area contributed by atoms with Crippen LogP contribution in [-0.4, -0.2) is 28.1 Å². The molecule has 0 bridgehead atoms. The Bertz CT molecular complexity index is 443. The van der Waals surface area contributed by atoms with E-state index in [0.29, 0.717) is 12.8 Å². The van der Waals surface area contributed by atoms with Crippen LogP contribution in [0.3, 0.4) is 0 Å². The Morgan fingerprint density at radius 1 is 1.37 bits per heavy atom. The van der Waals surface area contributed by atoms with Gasteiger partial charge in [0.2, 0.25) is 5.95 Å². The van der Waals surface area contributed by atoms with E-state index in [1.807, 2.05) is 0 Å². The predicted molar refractivity (Wildman–Crippen MR) is 69.2 cm³/mol. The Balaban J connectivity index is 1.92. The molecule has 1 aliphatic carbocycles. The molecule has 0 saturated heterocycles. The van der Waals surface area contributed by atoms with E-state index in [9.17, 15) is 14.3 Å². The summed E-state index contributed by atoms with van der Waals surface area (Å²) < 4.78 is 12.9. The van der Waals surface area contributed by atoms with Crippen LogP contribution in [0.5, 0.6) is 0 Å². The number of amides is 1. The second-order valence-electron chi connectivity index (χ2n) is 5.19. The van der Waals surface area contributed by atoms with E-state index in [2.05, 4.69) is 10.3 Å². The van der Waals surface area contributed by atoms with E-state index in [1.165, 1.54) is 12.3 Å². The molecule has 1 amide bonds. The average molecular weight is 266 g/mol. The van der Waals surface area contributed by atoms with Gasteiger partial charge in [-0.15, -0.1) is 0 Å². The van der Waals surface area contributed by atoms with Gasteiger partial charge in [-0.3, -0.25) is 4.79 Å². The molecule has 1 saturated carbocycles. The van der Waals surface area contributed by atoms with Crippen molar-refractivity contribution in [3.05, 3.63) is 29.8 Å². The second kappa shape index (κ2) is 6.10. The number of carbonyl (C=O) groups excluding carboxylic acids is 1. The fraction of sp³-hybridized carbons (Fsp3) is 0.571. The number of hydrogen-bond acceptors (Lipinski definition) is 3. The summed E-state index contributed by atoms with van der Waals surface area (Å²) in [7, 11) is 0. The van der Waals surface area contributed by atoms with Crippen LogP contribution in [0, 0.1) is 5.95 Å². The molecule has 1 aliphatic rings. The maximum Gasteiger partial charge on any atom is 0.251 e. The molecule has 1 fully saturated rings. The van der Waals surface area contributed by atoms with Crippen molar-refractivity contribution in [2.75, 3.05) is 6.54 Å². The number of rotatable bonds is 3. The Morgan fingerprint density at radius 2 is 2.05 bits per heavy atom.